The lowest BCUT2D eigenvalue weighted by Crippen LogP contribution is -2.16. The number of benzene rings is 1. The SMILES string of the molecule is O=CNc1nc(-c2cccc([C@H]3CC[C@@H](O)CC3)c2)cs1. The van der Waals surface area contributed by atoms with E-state index in [1.165, 1.54) is 16.9 Å². The zero-order chi connectivity index (χ0) is 14.7. The molecule has 0 bridgehead atoms. The van der Waals surface area contributed by atoms with Gasteiger partial charge >= 0.3 is 0 Å². The Bertz CT molecular complexity index is 618. The fourth-order valence-corrected chi connectivity index (χ4v) is 3.56. The second kappa shape index (κ2) is 6.37. The van der Waals surface area contributed by atoms with Gasteiger partial charge < -0.3 is 10.4 Å². The minimum Gasteiger partial charge on any atom is -0.393 e. The number of aromatic nitrogens is 1. The van der Waals surface area contributed by atoms with Crippen molar-refractivity contribution < 1.29 is 9.90 Å². The molecule has 21 heavy (non-hydrogen) atoms. The molecule has 110 valence electrons. The molecule has 1 aromatic heterocycles. The van der Waals surface area contributed by atoms with Crippen LogP contribution in [-0.2, 0) is 4.79 Å². The monoisotopic (exact) mass is 302 g/mol. The highest BCUT2D eigenvalue weighted by atomic mass is 32.1. The van der Waals surface area contributed by atoms with E-state index < -0.39 is 0 Å². The zero-order valence-electron chi connectivity index (χ0n) is 11.7. The van der Waals surface area contributed by atoms with Crippen molar-refractivity contribution in [1.29, 1.82) is 0 Å². The number of amides is 1. The molecule has 4 nitrogen and oxygen atoms in total. The summed E-state index contributed by atoms with van der Waals surface area (Å²) in [6, 6.07) is 8.44. The molecule has 0 saturated heterocycles. The normalized spacial score (nSPS) is 22.0. The van der Waals surface area contributed by atoms with Crippen molar-refractivity contribution in [2.24, 2.45) is 0 Å². The van der Waals surface area contributed by atoms with Crippen LogP contribution in [0.3, 0.4) is 0 Å². The van der Waals surface area contributed by atoms with Gasteiger partial charge in [0.2, 0.25) is 6.41 Å². The van der Waals surface area contributed by atoms with Gasteiger partial charge in [-0.3, -0.25) is 4.79 Å². The molecule has 1 heterocycles. The summed E-state index contributed by atoms with van der Waals surface area (Å²) in [7, 11) is 0. The summed E-state index contributed by atoms with van der Waals surface area (Å²) >= 11 is 1.42. The molecule has 1 aliphatic rings. The Kier molecular flexibility index (Phi) is 4.31. The summed E-state index contributed by atoms with van der Waals surface area (Å²) in [5.74, 6) is 0.527. The smallest absolute Gasteiger partial charge is 0.213 e. The average Bonchev–Trinajstić information content (AvgIpc) is 2.97. The lowest BCUT2D eigenvalue weighted by molar-refractivity contribution is -0.105. The van der Waals surface area contributed by atoms with Gasteiger partial charge in [0.1, 0.15) is 0 Å². The quantitative estimate of drug-likeness (QED) is 0.851. The Hall–Kier alpha value is -1.72. The molecule has 1 amide bonds. The lowest BCUT2D eigenvalue weighted by Gasteiger charge is -2.25. The van der Waals surface area contributed by atoms with Crippen LogP contribution in [0.4, 0.5) is 5.13 Å². The molecule has 5 heteroatoms. The molecular weight excluding hydrogens is 284 g/mol. The van der Waals surface area contributed by atoms with E-state index in [-0.39, 0.29) is 6.10 Å². The van der Waals surface area contributed by atoms with E-state index in [2.05, 4.69) is 28.5 Å². The van der Waals surface area contributed by atoms with Gasteiger partial charge in [-0.1, -0.05) is 18.2 Å². The van der Waals surface area contributed by atoms with E-state index in [4.69, 9.17) is 0 Å². The van der Waals surface area contributed by atoms with E-state index in [0.29, 0.717) is 17.5 Å². The number of carbonyl (C=O) groups excluding carboxylic acids is 1. The van der Waals surface area contributed by atoms with Gasteiger partial charge in [0.25, 0.3) is 0 Å². The summed E-state index contributed by atoms with van der Waals surface area (Å²) in [6.07, 6.45) is 4.38. The second-order valence-corrected chi connectivity index (χ2v) is 6.29. The van der Waals surface area contributed by atoms with Crippen LogP contribution in [-0.4, -0.2) is 22.6 Å². The maximum absolute atomic E-state index is 10.4. The summed E-state index contributed by atoms with van der Waals surface area (Å²) in [6.45, 7) is 0. The second-order valence-electron chi connectivity index (χ2n) is 5.43. The highest BCUT2D eigenvalue weighted by Crippen LogP contribution is 2.35. The van der Waals surface area contributed by atoms with Crippen LogP contribution in [0.15, 0.2) is 29.6 Å². The fraction of sp³-hybridized carbons (Fsp3) is 0.375. The third kappa shape index (κ3) is 3.31. The van der Waals surface area contributed by atoms with Crippen LogP contribution >= 0.6 is 11.3 Å². The Labute approximate surface area is 127 Å². The Balaban J connectivity index is 1.80. The molecular formula is C16H18N2O2S. The summed E-state index contributed by atoms with van der Waals surface area (Å²) in [4.78, 5) is 14.8. The molecule has 0 unspecified atom stereocenters. The summed E-state index contributed by atoms with van der Waals surface area (Å²) in [5.41, 5.74) is 3.29. The number of aliphatic hydroxyl groups excluding tert-OH is 1. The van der Waals surface area contributed by atoms with Gasteiger partial charge in [-0.05, 0) is 43.2 Å². The number of nitrogens with one attached hydrogen (secondary N) is 1. The molecule has 1 aliphatic carbocycles. The highest BCUT2D eigenvalue weighted by molar-refractivity contribution is 7.14. The highest BCUT2D eigenvalue weighted by Gasteiger charge is 2.21. The van der Waals surface area contributed by atoms with Crippen LogP contribution < -0.4 is 5.32 Å². The number of nitrogens with zero attached hydrogens (tertiary/aromatic N) is 1. The minimum absolute atomic E-state index is 0.125. The summed E-state index contributed by atoms with van der Waals surface area (Å²) < 4.78 is 0. The number of rotatable bonds is 4. The first-order valence-corrected chi connectivity index (χ1v) is 8.08. The van der Waals surface area contributed by atoms with Crippen LogP contribution in [0.2, 0.25) is 0 Å². The topological polar surface area (TPSA) is 62.2 Å². The number of carbonyl (C=O) groups is 1. The van der Waals surface area contributed by atoms with Crippen molar-refractivity contribution in [3.63, 3.8) is 0 Å². The van der Waals surface area contributed by atoms with Gasteiger partial charge in [-0.15, -0.1) is 11.3 Å². The number of hydrogen-bond donors (Lipinski definition) is 2. The maximum atomic E-state index is 10.4. The molecule has 1 saturated carbocycles. The van der Waals surface area contributed by atoms with Crippen LogP contribution in [0.1, 0.15) is 37.2 Å². The van der Waals surface area contributed by atoms with Gasteiger partial charge in [-0.2, -0.15) is 0 Å². The van der Waals surface area contributed by atoms with E-state index >= 15 is 0 Å². The third-order valence-electron chi connectivity index (χ3n) is 4.04. The van der Waals surface area contributed by atoms with E-state index in [0.717, 1.165) is 36.9 Å². The van der Waals surface area contributed by atoms with Crippen LogP contribution in [0, 0.1) is 0 Å². The lowest BCUT2D eigenvalue weighted by atomic mass is 9.82. The van der Waals surface area contributed by atoms with E-state index in [9.17, 15) is 9.90 Å². The van der Waals surface area contributed by atoms with Gasteiger partial charge in [-0.25, -0.2) is 4.98 Å². The van der Waals surface area contributed by atoms with Crippen LogP contribution in [0.5, 0.6) is 0 Å². The standard InChI is InChI=1S/C16H18N2O2S/c19-10-17-16-18-15(9-21-16)13-3-1-2-12(8-13)11-4-6-14(20)7-5-11/h1-3,8-11,14,20H,4-7H2,(H,17,18,19)/t11-,14+. The molecule has 1 fully saturated rings. The van der Waals surface area contributed by atoms with Crippen molar-refractivity contribution in [1.82, 2.24) is 4.98 Å². The van der Waals surface area contributed by atoms with Crippen LogP contribution in [0.25, 0.3) is 11.3 Å². The van der Waals surface area contributed by atoms with Crippen molar-refractivity contribution in [2.45, 2.75) is 37.7 Å². The molecule has 0 radical (unpaired) electrons. The predicted molar refractivity (Wildman–Crippen MR) is 84.5 cm³/mol. The molecule has 0 atom stereocenters. The molecule has 2 aromatic rings. The Morgan fingerprint density at radius 3 is 2.86 bits per heavy atom. The number of thiazole rings is 1. The molecule has 0 spiro atoms. The van der Waals surface area contributed by atoms with Crippen molar-refractivity contribution in [2.75, 3.05) is 5.32 Å². The van der Waals surface area contributed by atoms with E-state index in [1.807, 2.05) is 11.4 Å². The molecule has 0 aliphatic heterocycles. The molecule has 3 rings (SSSR count). The predicted octanol–water partition coefficient (Wildman–Crippen LogP) is 3.40. The van der Waals surface area contributed by atoms with Crippen molar-refractivity contribution in [3.8, 4) is 11.3 Å². The Morgan fingerprint density at radius 1 is 1.29 bits per heavy atom. The molecule has 2 N–H and O–H groups in total. The zero-order valence-corrected chi connectivity index (χ0v) is 12.5. The van der Waals surface area contributed by atoms with Gasteiger partial charge in [0.05, 0.1) is 11.8 Å². The molecule has 1 aromatic carbocycles. The number of hydrogen-bond acceptors (Lipinski definition) is 4. The largest absolute Gasteiger partial charge is 0.393 e. The summed E-state index contributed by atoms with van der Waals surface area (Å²) in [5, 5.41) is 14.8. The number of aliphatic hydroxyl groups is 1. The third-order valence-corrected chi connectivity index (χ3v) is 4.81. The first-order valence-electron chi connectivity index (χ1n) is 7.20. The van der Waals surface area contributed by atoms with Gasteiger partial charge in [0.15, 0.2) is 5.13 Å². The van der Waals surface area contributed by atoms with E-state index in [1.54, 1.807) is 0 Å². The van der Waals surface area contributed by atoms with Gasteiger partial charge in [0, 0.05) is 10.9 Å². The number of anilines is 1. The maximum Gasteiger partial charge on any atom is 0.213 e. The average molecular weight is 302 g/mol. The van der Waals surface area contributed by atoms with Crippen molar-refractivity contribution in [3.05, 3.63) is 35.2 Å². The fourth-order valence-electron chi connectivity index (χ4n) is 2.88. The minimum atomic E-state index is -0.125. The first kappa shape index (κ1) is 14.2. The Morgan fingerprint density at radius 2 is 2.10 bits per heavy atom. The van der Waals surface area contributed by atoms with Crippen molar-refractivity contribution >= 4 is 22.9 Å². The first-order chi connectivity index (χ1) is 10.3.